The Morgan fingerprint density at radius 3 is 2.81 bits per heavy atom. The molecule has 8 nitrogen and oxygen atoms in total. The molecule has 2 atom stereocenters. The van der Waals surface area contributed by atoms with E-state index >= 15 is 0 Å². The highest BCUT2D eigenvalue weighted by molar-refractivity contribution is 6.06. The lowest BCUT2D eigenvalue weighted by molar-refractivity contribution is -0.119. The van der Waals surface area contributed by atoms with E-state index in [1.165, 1.54) is 19.1 Å². The number of ether oxygens (including phenoxy) is 1. The predicted octanol–water partition coefficient (Wildman–Crippen LogP) is 4.33. The van der Waals surface area contributed by atoms with Gasteiger partial charge in [-0.3, -0.25) is 14.6 Å². The fraction of sp³-hybridized carbons (Fsp3) is 0.429. The van der Waals surface area contributed by atoms with Crippen molar-refractivity contribution in [2.75, 3.05) is 25.6 Å². The molecule has 2 aromatic heterocycles. The van der Waals surface area contributed by atoms with Crippen molar-refractivity contribution in [2.24, 2.45) is 24.3 Å². The van der Waals surface area contributed by atoms with E-state index in [1.807, 2.05) is 23.7 Å². The molecule has 2 bridgehead atoms. The van der Waals surface area contributed by atoms with E-state index in [2.05, 4.69) is 35.5 Å². The van der Waals surface area contributed by atoms with E-state index < -0.39 is 0 Å². The molecule has 2 N–H and O–H groups in total. The third kappa shape index (κ3) is 4.30. The Kier molecular flexibility index (Phi) is 6.38. The SMILES string of the molecule is COCC(=O)Nc1cc(C(=O)NCCC2=CC[C@H]3C[C@@H]2C3(C)C)cc2nc(-c3cccnc3)n(C)c12. The van der Waals surface area contributed by atoms with Crippen LogP contribution in [0.2, 0.25) is 0 Å². The normalized spacial score (nSPS) is 19.9. The molecule has 0 unspecified atom stereocenters. The van der Waals surface area contributed by atoms with E-state index in [1.54, 1.807) is 24.5 Å². The molecule has 188 valence electrons. The van der Waals surface area contributed by atoms with Gasteiger partial charge in [0.1, 0.15) is 12.4 Å². The predicted molar refractivity (Wildman–Crippen MR) is 139 cm³/mol. The number of carbonyl (C=O) groups is 2. The second kappa shape index (κ2) is 9.50. The molecule has 0 radical (unpaired) electrons. The highest BCUT2D eigenvalue weighted by Gasteiger charge is 2.50. The lowest BCUT2D eigenvalue weighted by atomic mass is 9.48. The number of fused-ring (bicyclic) bond motifs is 2. The Morgan fingerprint density at radius 2 is 2.11 bits per heavy atom. The van der Waals surface area contributed by atoms with Crippen molar-refractivity contribution in [3.63, 3.8) is 0 Å². The van der Waals surface area contributed by atoms with Crippen molar-refractivity contribution in [3.05, 3.63) is 53.9 Å². The van der Waals surface area contributed by atoms with Crippen molar-refractivity contribution >= 4 is 28.5 Å². The monoisotopic (exact) mass is 487 g/mol. The number of nitrogens with one attached hydrogen (secondary N) is 2. The first kappa shape index (κ1) is 24.2. The molecule has 36 heavy (non-hydrogen) atoms. The van der Waals surface area contributed by atoms with Gasteiger partial charge in [-0.15, -0.1) is 0 Å². The number of aryl methyl sites for hydroxylation is 1. The molecule has 0 spiro atoms. The Bertz CT molecular complexity index is 1340. The number of hydrogen-bond acceptors (Lipinski definition) is 5. The first-order chi connectivity index (χ1) is 17.3. The van der Waals surface area contributed by atoms with Gasteiger partial charge >= 0.3 is 0 Å². The minimum absolute atomic E-state index is 0.0846. The molecule has 8 heteroatoms. The van der Waals surface area contributed by atoms with Crippen LogP contribution in [-0.2, 0) is 16.6 Å². The quantitative estimate of drug-likeness (QED) is 0.461. The van der Waals surface area contributed by atoms with Gasteiger partial charge in [0.15, 0.2) is 0 Å². The van der Waals surface area contributed by atoms with Gasteiger partial charge in [0.05, 0.1) is 16.7 Å². The molecule has 6 rings (SSSR count). The molecule has 2 amide bonds. The van der Waals surface area contributed by atoms with E-state index in [0.717, 1.165) is 29.8 Å². The number of nitrogens with zero attached hydrogens (tertiary/aromatic N) is 3. The fourth-order valence-corrected chi connectivity index (χ4v) is 5.83. The maximum Gasteiger partial charge on any atom is 0.251 e. The topological polar surface area (TPSA) is 98.1 Å². The Balaban J connectivity index is 1.39. The smallest absolute Gasteiger partial charge is 0.251 e. The third-order valence-electron chi connectivity index (χ3n) is 7.98. The van der Waals surface area contributed by atoms with Crippen molar-refractivity contribution in [2.45, 2.75) is 33.1 Å². The zero-order valence-electron chi connectivity index (χ0n) is 21.3. The second-order valence-electron chi connectivity index (χ2n) is 10.4. The van der Waals surface area contributed by atoms with Crippen molar-refractivity contribution in [3.8, 4) is 11.4 Å². The number of carbonyl (C=O) groups excluding carboxylic acids is 2. The molecule has 3 aliphatic carbocycles. The largest absolute Gasteiger partial charge is 0.375 e. The number of allylic oxidation sites excluding steroid dienone is 1. The molecule has 3 aliphatic rings. The fourth-order valence-electron chi connectivity index (χ4n) is 5.83. The van der Waals surface area contributed by atoms with Crippen LogP contribution in [0.4, 0.5) is 5.69 Å². The van der Waals surface area contributed by atoms with Crippen LogP contribution in [0.3, 0.4) is 0 Å². The molecule has 1 fully saturated rings. The maximum absolute atomic E-state index is 13.2. The van der Waals surface area contributed by atoms with Crippen LogP contribution in [0.5, 0.6) is 0 Å². The van der Waals surface area contributed by atoms with Gasteiger partial charge in [0, 0.05) is 44.2 Å². The van der Waals surface area contributed by atoms with E-state index in [4.69, 9.17) is 9.72 Å². The van der Waals surface area contributed by atoms with E-state index in [-0.39, 0.29) is 18.4 Å². The minimum Gasteiger partial charge on any atom is -0.375 e. The summed E-state index contributed by atoms with van der Waals surface area (Å²) in [6.45, 7) is 5.21. The summed E-state index contributed by atoms with van der Waals surface area (Å²) in [7, 11) is 3.35. The summed E-state index contributed by atoms with van der Waals surface area (Å²) in [6, 6.07) is 7.26. The lowest BCUT2D eigenvalue weighted by Gasteiger charge is -2.56. The number of methoxy groups -OCH3 is 1. The lowest BCUT2D eigenvalue weighted by Crippen LogP contribution is -2.48. The number of aromatic nitrogens is 3. The average molecular weight is 488 g/mol. The van der Waals surface area contributed by atoms with E-state index in [9.17, 15) is 9.59 Å². The van der Waals surface area contributed by atoms with Crippen molar-refractivity contribution in [1.82, 2.24) is 19.9 Å². The Morgan fingerprint density at radius 1 is 1.28 bits per heavy atom. The summed E-state index contributed by atoms with van der Waals surface area (Å²) >= 11 is 0. The molecule has 0 aliphatic heterocycles. The van der Waals surface area contributed by atoms with Gasteiger partial charge < -0.3 is 19.9 Å². The molecular weight excluding hydrogens is 454 g/mol. The van der Waals surface area contributed by atoms with Gasteiger partial charge in [-0.05, 0) is 60.8 Å². The first-order valence-electron chi connectivity index (χ1n) is 12.5. The third-order valence-corrected chi connectivity index (χ3v) is 7.98. The number of anilines is 1. The van der Waals surface area contributed by atoms with Gasteiger partial charge in [-0.1, -0.05) is 25.5 Å². The molecule has 1 saturated carbocycles. The number of amides is 2. The zero-order valence-corrected chi connectivity index (χ0v) is 21.3. The van der Waals surface area contributed by atoms with Crippen LogP contribution in [0.15, 0.2) is 48.3 Å². The first-order valence-corrected chi connectivity index (χ1v) is 12.5. The standard InChI is InChI=1S/C28H33N5O3/c1-28(2)20-8-7-17(21(28)14-20)9-11-30-27(35)19-12-22(31-24(34)16-36-4)25-23(13-19)32-26(33(25)3)18-6-5-10-29-15-18/h5-7,10,12-13,15,20-21H,8-9,11,14,16H2,1-4H3,(H,30,35)(H,31,34)/t20-,21-/m0/s1. The summed E-state index contributed by atoms with van der Waals surface area (Å²) in [5.74, 6) is 1.64. The number of benzene rings is 1. The highest BCUT2D eigenvalue weighted by Crippen LogP contribution is 2.59. The van der Waals surface area contributed by atoms with Crippen LogP contribution in [0.25, 0.3) is 22.4 Å². The summed E-state index contributed by atoms with van der Waals surface area (Å²) in [6.07, 6.45) is 9.10. The van der Waals surface area contributed by atoms with Crippen LogP contribution in [0, 0.1) is 17.3 Å². The molecule has 0 saturated heterocycles. The minimum atomic E-state index is -0.300. The van der Waals surface area contributed by atoms with Crippen LogP contribution in [-0.4, -0.2) is 46.6 Å². The van der Waals surface area contributed by atoms with Gasteiger partial charge in [-0.2, -0.15) is 0 Å². The highest BCUT2D eigenvalue weighted by atomic mass is 16.5. The summed E-state index contributed by atoms with van der Waals surface area (Å²) < 4.78 is 6.88. The van der Waals surface area contributed by atoms with Gasteiger partial charge in [0.2, 0.25) is 5.91 Å². The Labute approximate surface area is 211 Å². The number of hydrogen-bond donors (Lipinski definition) is 2. The average Bonchev–Trinajstić information content (AvgIpc) is 3.21. The number of imidazole rings is 1. The Hall–Kier alpha value is -3.52. The van der Waals surface area contributed by atoms with E-state index in [0.29, 0.717) is 40.5 Å². The van der Waals surface area contributed by atoms with Crippen LogP contribution in [0.1, 0.15) is 43.5 Å². The van der Waals surface area contributed by atoms with Crippen LogP contribution < -0.4 is 10.6 Å². The summed E-state index contributed by atoms with van der Waals surface area (Å²) in [4.78, 5) is 34.5. The number of pyridine rings is 1. The van der Waals surface area contributed by atoms with Crippen molar-refractivity contribution < 1.29 is 14.3 Å². The second-order valence-corrected chi connectivity index (χ2v) is 10.4. The molecular formula is C28H33N5O3. The summed E-state index contributed by atoms with van der Waals surface area (Å²) in [5, 5.41) is 5.96. The zero-order chi connectivity index (χ0) is 25.4. The molecule has 2 heterocycles. The number of rotatable bonds is 8. The van der Waals surface area contributed by atoms with Crippen LogP contribution >= 0.6 is 0 Å². The maximum atomic E-state index is 13.2. The molecule has 3 aromatic rings. The summed E-state index contributed by atoms with van der Waals surface area (Å²) in [5.41, 5.74) is 5.00. The molecule has 1 aromatic carbocycles. The van der Waals surface area contributed by atoms with Crippen molar-refractivity contribution in [1.29, 1.82) is 0 Å². The van der Waals surface area contributed by atoms with Gasteiger partial charge in [-0.25, -0.2) is 4.98 Å². The van der Waals surface area contributed by atoms with Gasteiger partial charge in [0.25, 0.3) is 5.91 Å².